The third-order valence-corrected chi connectivity index (χ3v) is 7.19. The molecule has 180 valence electrons. The average Bonchev–Trinajstić information content (AvgIpc) is 3.21. The standard InChI is InChI=1S/C23H27ClN6O3S/c1-12-15(24)6-5-7-17(12)30-21(25)20-13(2)28-29-22(20)27-23(30)34-11-19(31)26-16-9-8-14(32-3)10-18(16)33-4/h5-10,13,20,22,25,28-29H,11H2,1-4H3,(H,26,31). The number of carbonyl (C=O) groups excluding carboxylic acids is 1. The van der Waals surface area contributed by atoms with E-state index >= 15 is 0 Å². The van der Waals surface area contributed by atoms with Gasteiger partial charge in [0.1, 0.15) is 23.5 Å². The van der Waals surface area contributed by atoms with E-state index in [4.69, 9.17) is 31.5 Å². The van der Waals surface area contributed by atoms with Gasteiger partial charge in [-0.1, -0.05) is 29.4 Å². The van der Waals surface area contributed by atoms with E-state index in [9.17, 15) is 4.79 Å². The van der Waals surface area contributed by atoms with Crippen molar-refractivity contribution in [3.63, 3.8) is 0 Å². The molecule has 4 rings (SSSR count). The number of methoxy groups -OCH3 is 2. The van der Waals surface area contributed by atoms with Crippen LogP contribution in [0.2, 0.25) is 5.02 Å². The van der Waals surface area contributed by atoms with Crippen LogP contribution in [0.4, 0.5) is 11.4 Å². The highest BCUT2D eigenvalue weighted by Crippen LogP contribution is 2.35. The fourth-order valence-corrected chi connectivity index (χ4v) is 5.00. The Bertz CT molecular complexity index is 1140. The number of halogens is 1. The van der Waals surface area contributed by atoms with Crippen molar-refractivity contribution in [2.75, 3.05) is 30.2 Å². The largest absolute Gasteiger partial charge is 0.497 e. The molecule has 3 unspecified atom stereocenters. The molecule has 2 aliphatic rings. The maximum Gasteiger partial charge on any atom is 0.234 e. The summed E-state index contributed by atoms with van der Waals surface area (Å²) in [5, 5.41) is 13.0. The number of nitrogens with one attached hydrogen (secondary N) is 4. The molecule has 0 aliphatic carbocycles. The molecular formula is C23H27ClN6O3S. The molecule has 1 saturated heterocycles. The zero-order valence-corrected chi connectivity index (χ0v) is 20.9. The van der Waals surface area contributed by atoms with Gasteiger partial charge in [-0.3, -0.25) is 20.5 Å². The number of ether oxygens (including phenoxy) is 2. The highest BCUT2D eigenvalue weighted by Gasteiger charge is 2.44. The van der Waals surface area contributed by atoms with Gasteiger partial charge < -0.3 is 14.8 Å². The van der Waals surface area contributed by atoms with Gasteiger partial charge in [0.15, 0.2) is 5.17 Å². The van der Waals surface area contributed by atoms with Gasteiger partial charge in [-0.2, -0.15) is 0 Å². The van der Waals surface area contributed by atoms with Crippen molar-refractivity contribution in [3.8, 4) is 11.5 Å². The number of fused-ring (bicyclic) bond motifs is 1. The molecule has 4 N–H and O–H groups in total. The van der Waals surface area contributed by atoms with E-state index in [1.165, 1.54) is 18.9 Å². The Morgan fingerprint density at radius 1 is 1.26 bits per heavy atom. The van der Waals surface area contributed by atoms with Gasteiger partial charge in [0, 0.05) is 17.1 Å². The second kappa shape index (κ2) is 10.2. The number of aliphatic imine (C=N–C) groups is 1. The first-order chi connectivity index (χ1) is 16.3. The molecule has 2 aromatic carbocycles. The van der Waals surface area contributed by atoms with Crippen LogP contribution < -0.4 is 30.5 Å². The highest BCUT2D eigenvalue weighted by molar-refractivity contribution is 8.14. The van der Waals surface area contributed by atoms with Gasteiger partial charge in [-0.15, -0.1) is 0 Å². The van der Waals surface area contributed by atoms with E-state index < -0.39 is 0 Å². The number of anilines is 2. The van der Waals surface area contributed by atoms with Crippen LogP contribution in [0.3, 0.4) is 0 Å². The molecule has 0 saturated carbocycles. The summed E-state index contributed by atoms with van der Waals surface area (Å²) in [6.45, 7) is 3.93. The minimum atomic E-state index is -0.287. The first-order valence-corrected chi connectivity index (χ1v) is 12.1. The van der Waals surface area contributed by atoms with Gasteiger partial charge in [-0.25, -0.2) is 10.4 Å². The van der Waals surface area contributed by atoms with Crippen molar-refractivity contribution in [1.82, 2.24) is 10.9 Å². The van der Waals surface area contributed by atoms with Gasteiger partial charge in [0.05, 0.1) is 37.3 Å². The Morgan fingerprint density at radius 2 is 2.06 bits per heavy atom. The third kappa shape index (κ3) is 4.72. The number of hydrogen-bond acceptors (Lipinski definition) is 8. The lowest BCUT2D eigenvalue weighted by Crippen LogP contribution is -2.50. The maximum absolute atomic E-state index is 12.8. The van der Waals surface area contributed by atoms with Crippen LogP contribution in [0.1, 0.15) is 12.5 Å². The van der Waals surface area contributed by atoms with Crippen molar-refractivity contribution in [1.29, 1.82) is 5.41 Å². The molecule has 2 heterocycles. The lowest BCUT2D eigenvalue weighted by atomic mass is 9.96. The molecule has 2 aliphatic heterocycles. The molecule has 1 fully saturated rings. The zero-order chi connectivity index (χ0) is 24.4. The summed E-state index contributed by atoms with van der Waals surface area (Å²) in [7, 11) is 3.10. The number of thioether (sulfide) groups is 1. The second-order valence-electron chi connectivity index (χ2n) is 7.97. The summed E-state index contributed by atoms with van der Waals surface area (Å²) in [5.74, 6) is 1.25. The van der Waals surface area contributed by atoms with E-state index in [0.29, 0.717) is 33.2 Å². The number of rotatable bonds is 6. The Labute approximate surface area is 207 Å². The van der Waals surface area contributed by atoms with Crippen LogP contribution in [0.25, 0.3) is 0 Å². The lowest BCUT2D eigenvalue weighted by Gasteiger charge is -2.36. The first-order valence-electron chi connectivity index (χ1n) is 10.7. The number of hydrazine groups is 1. The molecule has 9 nitrogen and oxygen atoms in total. The normalized spacial score (nSPS) is 21.7. The predicted octanol–water partition coefficient (Wildman–Crippen LogP) is 3.63. The molecule has 0 spiro atoms. The molecule has 0 radical (unpaired) electrons. The molecule has 11 heteroatoms. The van der Waals surface area contributed by atoms with E-state index in [2.05, 4.69) is 16.2 Å². The highest BCUT2D eigenvalue weighted by atomic mass is 35.5. The number of amidine groups is 2. The quantitative estimate of drug-likeness (QED) is 0.477. The minimum absolute atomic E-state index is 0.0284. The SMILES string of the molecule is COc1ccc(NC(=O)CSC2=NC3NNC(C)C3C(=N)N2c2cccc(Cl)c2C)c(OC)c1. The number of amides is 1. The fraction of sp³-hybridized carbons (Fsp3) is 0.348. The van der Waals surface area contributed by atoms with Gasteiger partial charge in [-0.05, 0) is 43.7 Å². The molecule has 2 aromatic rings. The topological polar surface area (TPSA) is 111 Å². The van der Waals surface area contributed by atoms with Gasteiger partial charge in [0.25, 0.3) is 0 Å². The molecule has 3 atom stereocenters. The number of carbonyl (C=O) groups is 1. The molecular weight excluding hydrogens is 476 g/mol. The second-order valence-corrected chi connectivity index (χ2v) is 9.32. The lowest BCUT2D eigenvalue weighted by molar-refractivity contribution is -0.113. The van der Waals surface area contributed by atoms with Crippen LogP contribution in [0, 0.1) is 18.3 Å². The van der Waals surface area contributed by atoms with E-state index in [-0.39, 0.29) is 29.8 Å². The first kappa shape index (κ1) is 24.3. The monoisotopic (exact) mass is 502 g/mol. The van der Waals surface area contributed by atoms with Crippen LogP contribution in [0.15, 0.2) is 41.4 Å². The summed E-state index contributed by atoms with van der Waals surface area (Å²) < 4.78 is 10.6. The van der Waals surface area contributed by atoms with E-state index in [1.54, 1.807) is 30.2 Å². The molecule has 1 amide bonds. The smallest absolute Gasteiger partial charge is 0.234 e. The Morgan fingerprint density at radius 3 is 2.79 bits per heavy atom. The summed E-state index contributed by atoms with van der Waals surface area (Å²) in [6, 6.07) is 10.8. The van der Waals surface area contributed by atoms with Gasteiger partial charge in [0.2, 0.25) is 5.91 Å². The van der Waals surface area contributed by atoms with Gasteiger partial charge >= 0.3 is 0 Å². The van der Waals surface area contributed by atoms with Crippen molar-refractivity contribution < 1.29 is 14.3 Å². The fourth-order valence-electron chi connectivity index (χ4n) is 3.99. The summed E-state index contributed by atoms with van der Waals surface area (Å²) in [6.07, 6.45) is -0.287. The molecule has 34 heavy (non-hydrogen) atoms. The van der Waals surface area contributed by atoms with Crippen LogP contribution in [-0.2, 0) is 4.79 Å². The Kier molecular flexibility index (Phi) is 7.32. The average molecular weight is 503 g/mol. The Hall–Kier alpha value is -2.79. The van der Waals surface area contributed by atoms with Crippen molar-refractivity contribution in [3.05, 3.63) is 47.0 Å². The van der Waals surface area contributed by atoms with Crippen LogP contribution in [-0.4, -0.2) is 49.1 Å². The maximum atomic E-state index is 12.8. The summed E-state index contributed by atoms with van der Waals surface area (Å²) >= 11 is 7.65. The zero-order valence-electron chi connectivity index (χ0n) is 19.3. The Balaban J connectivity index is 1.56. The molecule has 0 aromatic heterocycles. The molecule has 0 bridgehead atoms. The van der Waals surface area contributed by atoms with Crippen molar-refractivity contribution >= 4 is 51.6 Å². The summed E-state index contributed by atoms with van der Waals surface area (Å²) in [5.41, 5.74) is 8.48. The van der Waals surface area contributed by atoms with Crippen molar-refractivity contribution in [2.45, 2.75) is 26.1 Å². The van der Waals surface area contributed by atoms with Crippen LogP contribution in [0.5, 0.6) is 11.5 Å². The van der Waals surface area contributed by atoms with Crippen LogP contribution >= 0.6 is 23.4 Å². The van der Waals surface area contributed by atoms with E-state index in [1.807, 2.05) is 32.0 Å². The number of nitrogens with zero attached hydrogens (tertiary/aromatic N) is 2. The van der Waals surface area contributed by atoms with E-state index in [0.717, 1.165) is 11.3 Å². The third-order valence-electron chi connectivity index (χ3n) is 5.83. The summed E-state index contributed by atoms with van der Waals surface area (Å²) in [4.78, 5) is 19.4. The van der Waals surface area contributed by atoms with Crippen molar-refractivity contribution in [2.24, 2.45) is 10.9 Å². The number of benzene rings is 2. The predicted molar refractivity (Wildman–Crippen MR) is 137 cm³/mol. The number of hydrogen-bond donors (Lipinski definition) is 4. The minimum Gasteiger partial charge on any atom is -0.497 e.